The van der Waals surface area contributed by atoms with Crippen molar-refractivity contribution in [1.82, 2.24) is 4.98 Å². The van der Waals surface area contributed by atoms with Crippen LogP contribution in [-0.4, -0.2) is 18.6 Å². The first kappa shape index (κ1) is 14.4. The Hall–Kier alpha value is -2.03. The lowest BCUT2D eigenvalue weighted by atomic mass is 10.2. The average Bonchev–Trinajstić information content (AvgIpc) is 2.46. The average molecular weight is 269 g/mol. The summed E-state index contributed by atoms with van der Waals surface area (Å²) in [5, 5.41) is 3.40. The second-order valence-corrected chi connectivity index (χ2v) is 5.11. The normalized spacial score (nSPS) is 10.3. The van der Waals surface area contributed by atoms with Gasteiger partial charge in [-0.1, -0.05) is 25.1 Å². The van der Waals surface area contributed by atoms with Crippen molar-refractivity contribution in [2.75, 3.05) is 23.8 Å². The lowest BCUT2D eigenvalue weighted by Crippen LogP contribution is -2.18. The molecule has 3 nitrogen and oxygen atoms in total. The second-order valence-electron chi connectivity index (χ2n) is 5.11. The van der Waals surface area contributed by atoms with Gasteiger partial charge in [0, 0.05) is 31.2 Å². The van der Waals surface area contributed by atoms with Gasteiger partial charge in [0.05, 0.1) is 12.2 Å². The van der Waals surface area contributed by atoms with Gasteiger partial charge in [0.15, 0.2) is 0 Å². The molecule has 1 aromatic heterocycles. The van der Waals surface area contributed by atoms with Crippen molar-refractivity contribution in [3.05, 3.63) is 53.9 Å². The molecule has 0 spiro atoms. The quantitative estimate of drug-likeness (QED) is 0.863. The summed E-state index contributed by atoms with van der Waals surface area (Å²) < 4.78 is 0. The zero-order valence-corrected chi connectivity index (χ0v) is 12.6. The second kappa shape index (κ2) is 6.94. The molecule has 0 aliphatic rings. The minimum atomic E-state index is 0.812. The van der Waals surface area contributed by atoms with Crippen molar-refractivity contribution in [3.63, 3.8) is 0 Å². The molecule has 2 aromatic rings. The number of nitrogens with one attached hydrogen (secondary N) is 1. The molecular weight excluding hydrogens is 246 g/mol. The number of hydrogen-bond acceptors (Lipinski definition) is 3. The Labute approximate surface area is 121 Å². The van der Waals surface area contributed by atoms with Crippen LogP contribution >= 0.6 is 0 Å². The monoisotopic (exact) mass is 269 g/mol. The van der Waals surface area contributed by atoms with Crippen molar-refractivity contribution in [1.29, 1.82) is 0 Å². The number of rotatable bonds is 6. The highest BCUT2D eigenvalue weighted by Crippen LogP contribution is 2.20. The van der Waals surface area contributed by atoms with Crippen LogP contribution in [0.25, 0.3) is 0 Å². The van der Waals surface area contributed by atoms with Gasteiger partial charge in [-0.15, -0.1) is 0 Å². The van der Waals surface area contributed by atoms with E-state index in [2.05, 4.69) is 66.4 Å². The van der Waals surface area contributed by atoms with E-state index in [1.807, 2.05) is 12.3 Å². The molecule has 0 amide bonds. The first-order valence-electron chi connectivity index (χ1n) is 7.16. The van der Waals surface area contributed by atoms with Gasteiger partial charge in [0.2, 0.25) is 0 Å². The summed E-state index contributed by atoms with van der Waals surface area (Å²) in [5.41, 5.74) is 4.77. The molecular formula is C17H23N3. The number of aromatic nitrogens is 1. The molecule has 1 N–H and O–H groups in total. The summed E-state index contributed by atoms with van der Waals surface area (Å²) in [5.74, 6) is 0. The molecule has 0 aliphatic carbocycles. The maximum Gasteiger partial charge on any atom is 0.0617 e. The van der Waals surface area contributed by atoms with Crippen LogP contribution in [-0.2, 0) is 6.54 Å². The molecule has 3 heteroatoms. The highest BCUT2D eigenvalue weighted by atomic mass is 15.1. The van der Waals surface area contributed by atoms with Crippen LogP contribution in [0.1, 0.15) is 24.6 Å². The Morgan fingerprint density at radius 2 is 2.00 bits per heavy atom. The van der Waals surface area contributed by atoms with Crippen molar-refractivity contribution >= 4 is 11.4 Å². The summed E-state index contributed by atoms with van der Waals surface area (Å²) in [7, 11) is 2.11. The fourth-order valence-electron chi connectivity index (χ4n) is 2.26. The van der Waals surface area contributed by atoms with E-state index in [4.69, 9.17) is 0 Å². The number of benzene rings is 1. The highest BCUT2D eigenvalue weighted by Gasteiger charge is 2.06. The van der Waals surface area contributed by atoms with Crippen molar-refractivity contribution in [2.45, 2.75) is 26.8 Å². The fraction of sp³-hybridized carbons (Fsp3) is 0.353. The molecule has 0 saturated heterocycles. The standard InChI is InChI=1S/C17H23N3/c1-4-10-18-15-9-11-19-16(12-15)13-20(3)17-8-6-5-7-14(17)2/h5-9,11-12H,4,10,13H2,1-3H3,(H,18,19). The van der Waals surface area contributed by atoms with E-state index in [1.165, 1.54) is 11.3 Å². The van der Waals surface area contributed by atoms with Crippen LogP contribution in [0.4, 0.5) is 11.4 Å². The number of aryl methyl sites for hydroxylation is 1. The van der Waals surface area contributed by atoms with Gasteiger partial charge in [-0.2, -0.15) is 0 Å². The van der Waals surface area contributed by atoms with Gasteiger partial charge in [0.1, 0.15) is 0 Å². The van der Waals surface area contributed by atoms with Crippen LogP contribution in [0.3, 0.4) is 0 Å². The van der Waals surface area contributed by atoms with E-state index >= 15 is 0 Å². The van der Waals surface area contributed by atoms with E-state index in [9.17, 15) is 0 Å². The number of nitrogens with zero attached hydrogens (tertiary/aromatic N) is 2. The zero-order valence-electron chi connectivity index (χ0n) is 12.6. The van der Waals surface area contributed by atoms with E-state index in [-0.39, 0.29) is 0 Å². The van der Waals surface area contributed by atoms with Crippen molar-refractivity contribution in [3.8, 4) is 0 Å². The molecule has 0 unspecified atom stereocenters. The van der Waals surface area contributed by atoms with Crippen molar-refractivity contribution in [2.24, 2.45) is 0 Å². The largest absolute Gasteiger partial charge is 0.385 e. The summed E-state index contributed by atoms with van der Waals surface area (Å²) in [6, 6.07) is 12.6. The van der Waals surface area contributed by atoms with Crippen LogP contribution in [0, 0.1) is 6.92 Å². The van der Waals surface area contributed by atoms with Gasteiger partial charge in [-0.05, 0) is 37.1 Å². The third-order valence-corrected chi connectivity index (χ3v) is 3.32. The Morgan fingerprint density at radius 1 is 1.20 bits per heavy atom. The molecule has 1 heterocycles. The smallest absolute Gasteiger partial charge is 0.0617 e. The number of hydrogen-bond donors (Lipinski definition) is 1. The Balaban J connectivity index is 2.08. The molecule has 0 aliphatic heterocycles. The zero-order chi connectivity index (χ0) is 14.4. The highest BCUT2D eigenvalue weighted by molar-refractivity contribution is 5.53. The third-order valence-electron chi connectivity index (χ3n) is 3.32. The molecule has 2 rings (SSSR count). The number of pyridine rings is 1. The first-order valence-corrected chi connectivity index (χ1v) is 7.16. The molecule has 0 saturated carbocycles. The number of para-hydroxylation sites is 1. The molecule has 106 valence electrons. The van der Waals surface area contributed by atoms with E-state index in [0.717, 1.165) is 30.9 Å². The van der Waals surface area contributed by atoms with E-state index in [1.54, 1.807) is 0 Å². The fourth-order valence-corrected chi connectivity index (χ4v) is 2.26. The molecule has 0 atom stereocenters. The van der Waals surface area contributed by atoms with Gasteiger partial charge < -0.3 is 10.2 Å². The van der Waals surface area contributed by atoms with Gasteiger partial charge in [-0.25, -0.2) is 0 Å². The lowest BCUT2D eigenvalue weighted by Gasteiger charge is -2.21. The minimum Gasteiger partial charge on any atom is -0.385 e. The van der Waals surface area contributed by atoms with E-state index < -0.39 is 0 Å². The minimum absolute atomic E-state index is 0.812. The Morgan fingerprint density at radius 3 is 2.75 bits per heavy atom. The van der Waals surface area contributed by atoms with Crippen LogP contribution in [0.2, 0.25) is 0 Å². The van der Waals surface area contributed by atoms with Crippen LogP contribution in [0.15, 0.2) is 42.6 Å². The molecule has 0 fully saturated rings. The molecule has 20 heavy (non-hydrogen) atoms. The summed E-state index contributed by atoms with van der Waals surface area (Å²) in [6.45, 7) is 6.11. The maximum atomic E-state index is 4.46. The summed E-state index contributed by atoms with van der Waals surface area (Å²) in [6.07, 6.45) is 3.00. The van der Waals surface area contributed by atoms with Crippen molar-refractivity contribution < 1.29 is 0 Å². The Bertz CT molecular complexity index is 551. The van der Waals surface area contributed by atoms with Gasteiger partial charge in [-0.3, -0.25) is 4.98 Å². The van der Waals surface area contributed by atoms with Gasteiger partial charge in [0.25, 0.3) is 0 Å². The molecule has 1 aromatic carbocycles. The van der Waals surface area contributed by atoms with Crippen LogP contribution < -0.4 is 10.2 Å². The van der Waals surface area contributed by atoms with Crippen LogP contribution in [0.5, 0.6) is 0 Å². The topological polar surface area (TPSA) is 28.2 Å². The first-order chi connectivity index (χ1) is 9.70. The summed E-state index contributed by atoms with van der Waals surface area (Å²) >= 11 is 0. The SMILES string of the molecule is CCCNc1ccnc(CN(C)c2ccccc2C)c1. The Kier molecular flexibility index (Phi) is 4.99. The predicted molar refractivity (Wildman–Crippen MR) is 86.3 cm³/mol. The lowest BCUT2D eigenvalue weighted by molar-refractivity contribution is 0.879. The maximum absolute atomic E-state index is 4.46. The molecule has 0 bridgehead atoms. The third kappa shape index (κ3) is 3.73. The molecule has 0 radical (unpaired) electrons. The number of anilines is 2. The van der Waals surface area contributed by atoms with E-state index in [0.29, 0.717) is 0 Å². The predicted octanol–water partition coefficient (Wildman–Crippen LogP) is 3.85. The van der Waals surface area contributed by atoms with Gasteiger partial charge >= 0.3 is 0 Å². The summed E-state index contributed by atoms with van der Waals surface area (Å²) in [4.78, 5) is 6.70.